The second-order valence-corrected chi connectivity index (χ2v) is 8.06. The standard InChI is InChI=1S/C27H29N3O5/c1-19(20-8-5-4-6-9-20)30(16-21-11-12-22(32-2)14-25(21)33-3)17-26-29-24(18-35-26)27(31)28-15-23-10-7-13-34-23/h4-14,18-19H,15-17H2,1-3H3,(H,28,31). The van der Waals surface area contributed by atoms with Gasteiger partial charge < -0.3 is 23.6 Å². The lowest BCUT2D eigenvalue weighted by Crippen LogP contribution is -2.27. The van der Waals surface area contributed by atoms with Crippen molar-refractivity contribution in [3.8, 4) is 11.5 Å². The summed E-state index contributed by atoms with van der Waals surface area (Å²) in [5.41, 5.74) is 2.38. The minimum atomic E-state index is -0.323. The number of ether oxygens (including phenoxy) is 2. The molecule has 0 bridgehead atoms. The number of carbonyl (C=O) groups excluding carboxylic acids is 1. The summed E-state index contributed by atoms with van der Waals surface area (Å²) in [7, 11) is 3.27. The van der Waals surface area contributed by atoms with Gasteiger partial charge in [0.05, 0.1) is 33.6 Å². The highest BCUT2D eigenvalue weighted by molar-refractivity contribution is 5.91. The third kappa shape index (κ3) is 6.10. The molecule has 0 fully saturated rings. The number of furan rings is 1. The van der Waals surface area contributed by atoms with E-state index in [4.69, 9.17) is 18.3 Å². The topological polar surface area (TPSA) is 90.0 Å². The Kier molecular flexibility index (Phi) is 7.84. The van der Waals surface area contributed by atoms with Crippen LogP contribution < -0.4 is 14.8 Å². The lowest BCUT2D eigenvalue weighted by Gasteiger charge is -2.29. The van der Waals surface area contributed by atoms with Gasteiger partial charge in [-0.05, 0) is 30.7 Å². The predicted octanol–water partition coefficient (Wildman–Crippen LogP) is 4.98. The van der Waals surface area contributed by atoms with Crippen molar-refractivity contribution in [3.63, 3.8) is 0 Å². The molecule has 1 unspecified atom stereocenters. The van der Waals surface area contributed by atoms with Crippen molar-refractivity contribution < 1.29 is 23.1 Å². The van der Waals surface area contributed by atoms with E-state index >= 15 is 0 Å². The van der Waals surface area contributed by atoms with Gasteiger partial charge in [-0.15, -0.1) is 0 Å². The maximum Gasteiger partial charge on any atom is 0.273 e. The van der Waals surface area contributed by atoms with Crippen LogP contribution in [0.15, 0.2) is 82.0 Å². The Bertz CT molecular complexity index is 1220. The van der Waals surface area contributed by atoms with Gasteiger partial charge in [0.25, 0.3) is 5.91 Å². The first-order valence-electron chi connectivity index (χ1n) is 11.3. The predicted molar refractivity (Wildman–Crippen MR) is 130 cm³/mol. The molecule has 0 saturated carbocycles. The largest absolute Gasteiger partial charge is 0.497 e. The van der Waals surface area contributed by atoms with Crippen LogP contribution in [0.3, 0.4) is 0 Å². The van der Waals surface area contributed by atoms with Crippen LogP contribution in [0.4, 0.5) is 0 Å². The van der Waals surface area contributed by atoms with E-state index in [1.54, 1.807) is 32.6 Å². The first kappa shape index (κ1) is 24.1. The molecule has 0 saturated heterocycles. The average molecular weight is 476 g/mol. The van der Waals surface area contributed by atoms with E-state index < -0.39 is 0 Å². The molecular formula is C27H29N3O5. The summed E-state index contributed by atoms with van der Waals surface area (Å²) in [6, 6.07) is 19.6. The molecule has 35 heavy (non-hydrogen) atoms. The van der Waals surface area contributed by atoms with Crippen molar-refractivity contribution in [2.75, 3.05) is 14.2 Å². The van der Waals surface area contributed by atoms with Crippen LogP contribution in [0.2, 0.25) is 0 Å². The first-order chi connectivity index (χ1) is 17.1. The number of nitrogens with one attached hydrogen (secondary N) is 1. The molecule has 1 atom stereocenters. The SMILES string of the molecule is COc1ccc(CN(Cc2nc(C(=O)NCc3ccco3)co2)C(C)c2ccccc2)c(OC)c1. The summed E-state index contributed by atoms with van der Waals surface area (Å²) in [6.07, 6.45) is 2.95. The number of amides is 1. The highest BCUT2D eigenvalue weighted by Crippen LogP contribution is 2.30. The number of hydrogen-bond donors (Lipinski definition) is 1. The van der Waals surface area contributed by atoms with Crippen LogP contribution in [-0.2, 0) is 19.6 Å². The number of methoxy groups -OCH3 is 2. The quantitative estimate of drug-likeness (QED) is 0.327. The van der Waals surface area contributed by atoms with Gasteiger partial charge in [0.15, 0.2) is 5.69 Å². The van der Waals surface area contributed by atoms with Gasteiger partial charge in [0, 0.05) is 24.2 Å². The highest BCUT2D eigenvalue weighted by Gasteiger charge is 2.22. The highest BCUT2D eigenvalue weighted by atomic mass is 16.5. The fraction of sp³-hybridized carbons (Fsp3) is 0.259. The molecule has 2 aromatic heterocycles. The smallest absolute Gasteiger partial charge is 0.273 e. The average Bonchev–Trinajstić information content (AvgIpc) is 3.59. The number of oxazole rings is 1. The van der Waals surface area contributed by atoms with Crippen LogP contribution in [0.25, 0.3) is 0 Å². The molecule has 2 aromatic carbocycles. The Balaban J connectivity index is 1.52. The van der Waals surface area contributed by atoms with E-state index in [9.17, 15) is 4.79 Å². The number of benzene rings is 2. The van der Waals surface area contributed by atoms with Crippen LogP contribution in [0, 0.1) is 0 Å². The first-order valence-corrected chi connectivity index (χ1v) is 11.3. The molecule has 1 amide bonds. The Morgan fingerprint density at radius 1 is 1.03 bits per heavy atom. The molecule has 8 heteroatoms. The normalized spacial score (nSPS) is 11.9. The van der Waals surface area contributed by atoms with Gasteiger partial charge in [0.1, 0.15) is 23.5 Å². The zero-order chi connectivity index (χ0) is 24.6. The Hall–Kier alpha value is -4.04. The summed E-state index contributed by atoms with van der Waals surface area (Å²) in [5, 5.41) is 2.79. The van der Waals surface area contributed by atoms with Gasteiger partial charge >= 0.3 is 0 Å². The molecule has 4 aromatic rings. The molecule has 0 spiro atoms. The van der Waals surface area contributed by atoms with Crippen molar-refractivity contribution in [1.29, 1.82) is 0 Å². The maximum absolute atomic E-state index is 12.5. The molecular weight excluding hydrogens is 446 g/mol. The minimum Gasteiger partial charge on any atom is -0.497 e. The van der Waals surface area contributed by atoms with Gasteiger partial charge in [-0.1, -0.05) is 36.4 Å². The Morgan fingerprint density at radius 2 is 1.86 bits per heavy atom. The molecule has 182 valence electrons. The number of hydrogen-bond acceptors (Lipinski definition) is 7. The summed E-state index contributed by atoms with van der Waals surface area (Å²) in [6.45, 7) is 3.38. The fourth-order valence-electron chi connectivity index (χ4n) is 3.81. The van der Waals surface area contributed by atoms with E-state index in [1.165, 1.54) is 6.26 Å². The maximum atomic E-state index is 12.5. The molecule has 2 heterocycles. The van der Waals surface area contributed by atoms with Gasteiger partial charge in [-0.2, -0.15) is 0 Å². The lowest BCUT2D eigenvalue weighted by molar-refractivity contribution is 0.0943. The van der Waals surface area contributed by atoms with Gasteiger partial charge in [-0.3, -0.25) is 9.69 Å². The Labute approximate surface area is 204 Å². The van der Waals surface area contributed by atoms with Crippen molar-refractivity contribution in [2.45, 2.75) is 32.6 Å². The Morgan fingerprint density at radius 3 is 2.57 bits per heavy atom. The molecule has 8 nitrogen and oxygen atoms in total. The summed E-state index contributed by atoms with van der Waals surface area (Å²) < 4.78 is 21.9. The van der Waals surface area contributed by atoms with Crippen molar-refractivity contribution >= 4 is 5.91 Å². The molecule has 0 radical (unpaired) electrons. The van der Waals surface area contributed by atoms with E-state index in [2.05, 4.69) is 34.3 Å². The number of carbonyl (C=O) groups is 1. The van der Waals surface area contributed by atoms with Crippen LogP contribution >= 0.6 is 0 Å². The van der Waals surface area contributed by atoms with E-state index in [0.29, 0.717) is 24.7 Å². The second-order valence-electron chi connectivity index (χ2n) is 8.06. The van der Waals surface area contributed by atoms with E-state index in [-0.39, 0.29) is 24.2 Å². The number of nitrogens with zero attached hydrogens (tertiary/aromatic N) is 2. The van der Waals surface area contributed by atoms with Crippen LogP contribution in [0.5, 0.6) is 11.5 Å². The molecule has 0 aliphatic rings. The lowest BCUT2D eigenvalue weighted by atomic mass is 10.1. The minimum absolute atomic E-state index is 0.0473. The molecule has 0 aliphatic heterocycles. The van der Waals surface area contributed by atoms with Crippen LogP contribution in [0.1, 0.15) is 46.2 Å². The van der Waals surface area contributed by atoms with Gasteiger partial charge in [0.2, 0.25) is 5.89 Å². The summed E-state index contributed by atoms with van der Waals surface area (Å²) in [4.78, 5) is 19.2. The monoisotopic (exact) mass is 475 g/mol. The third-order valence-electron chi connectivity index (χ3n) is 5.82. The van der Waals surface area contributed by atoms with Crippen LogP contribution in [-0.4, -0.2) is 30.0 Å². The number of aromatic nitrogens is 1. The molecule has 0 aliphatic carbocycles. The van der Waals surface area contributed by atoms with Crippen molar-refractivity contribution in [1.82, 2.24) is 15.2 Å². The number of rotatable bonds is 11. The summed E-state index contributed by atoms with van der Waals surface area (Å²) >= 11 is 0. The van der Waals surface area contributed by atoms with Crippen molar-refractivity contribution in [3.05, 3.63) is 102 Å². The zero-order valence-electron chi connectivity index (χ0n) is 20.1. The molecule has 4 rings (SSSR count). The summed E-state index contributed by atoms with van der Waals surface area (Å²) in [5.74, 6) is 2.25. The van der Waals surface area contributed by atoms with Crippen molar-refractivity contribution in [2.24, 2.45) is 0 Å². The second kappa shape index (κ2) is 11.4. The third-order valence-corrected chi connectivity index (χ3v) is 5.82. The van der Waals surface area contributed by atoms with Gasteiger partial charge in [-0.25, -0.2) is 4.98 Å². The van der Waals surface area contributed by atoms with E-state index in [0.717, 1.165) is 22.6 Å². The molecule has 1 N–H and O–H groups in total. The fourth-order valence-corrected chi connectivity index (χ4v) is 3.81. The zero-order valence-corrected chi connectivity index (χ0v) is 20.1. The van der Waals surface area contributed by atoms with E-state index in [1.807, 2.05) is 36.4 Å².